The van der Waals surface area contributed by atoms with E-state index in [-0.39, 0.29) is 30.7 Å². The van der Waals surface area contributed by atoms with Crippen LogP contribution in [-0.4, -0.2) is 29.2 Å². The Kier molecular flexibility index (Phi) is 4.89. The van der Waals surface area contributed by atoms with Crippen molar-refractivity contribution in [2.24, 2.45) is 0 Å². The van der Waals surface area contributed by atoms with Crippen molar-refractivity contribution in [3.8, 4) is 5.75 Å². The number of amides is 2. The Bertz CT molecular complexity index is 1080. The highest BCUT2D eigenvalue weighted by atomic mass is 16.5. The molecule has 4 rings (SSSR count). The second-order valence-electron chi connectivity index (χ2n) is 7.27. The zero-order chi connectivity index (χ0) is 20.5. The zero-order valence-electron chi connectivity index (χ0n) is 16.4. The van der Waals surface area contributed by atoms with Crippen LogP contribution in [0.1, 0.15) is 44.7 Å². The van der Waals surface area contributed by atoms with Gasteiger partial charge in [-0.25, -0.2) is 0 Å². The molecule has 0 unspecified atom stereocenters. The number of rotatable bonds is 5. The number of para-hydroxylation sites is 1. The molecule has 5 nitrogen and oxygen atoms in total. The number of nitrogens with zero attached hydrogens (tertiary/aromatic N) is 1. The Balaban J connectivity index is 1.45. The molecular weight excluding hydrogens is 366 g/mol. The highest BCUT2D eigenvalue weighted by Gasteiger charge is 2.32. The smallest absolute Gasteiger partial charge is 0.311 e. The molecule has 146 valence electrons. The lowest BCUT2D eigenvalue weighted by Gasteiger charge is -2.27. The Morgan fingerprint density at radius 2 is 1.41 bits per heavy atom. The van der Waals surface area contributed by atoms with Gasteiger partial charge in [0.05, 0.1) is 0 Å². The molecule has 0 aliphatic carbocycles. The number of aryl methyl sites for hydroxylation is 2. The van der Waals surface area contributed by atoms with E-state index in [0.29, 0.717) is 28.7 Å². The summed E-state index contributed by atoms with van der Waals surface area (Å²) in [6.07, 6.45) is 0.468. The van der Waals surface area contributed by atoms with E-state index in [1.165, 1.54) is 4.90 Å². The van der Waals surface area contributed by atoms with E-state index in [9.17, 15) is 14.4 Å². The van der Waals surface area contributed by atoms with Crippen LogP contribution in [-0.2, 0) is 4.79 Å². The Morgan fingerprint density at radius 1 is 0.862 bits per heavy atom. The van der Waals surface area contributed by atoms with Gasteiger partial charge in [0.2, 0.25) is 0 Å². The van der Waals surface area contributed by atoms with Gasteiger partial charge < -0.3 is 4.74 Å². The summed E-state index contributed by atoms with van der Waals surface area (Å²) in [5.74, 6) is -0.435. The predicted octanol–water partition coefficient (Wildman–Crippen LogP) is 4.44. The van der Waals surface area contributed by atoms with Crippen LogP contribution in [0.3, 0.4) is 0 Å². The van der Waals surface area contributed by atoms with Crippen LogP contribution in [0.2, 0.25) is 0 Å². The van der Waals surface area contributed by atoms with Gasteiger partial charge in [0, 0.05) is 29.5 Å². The van der Waals surface area contributed by atoms with Crippen LogP contribution >= 0.6 is 0 Å². The Hall–Kier alpha value is -3.47. The van der Waals surface area contributed by atoms with E-state index in [1.54, 1.807) is 12.1 Å². The van der Waals surface area contributed by atoms with E-state index < -0.39 is 0 Å². The minimum absolute atomic E-state index is 0.122. The number of imide groups is 1. The van der Waals surface area contributed by atoms with Gasteiger partial charge >= 0.3 is 5.97 Å². The van der Waals surface area contributed by atoms with Crippen molar-refractivity contribution >= 4 is 28.6 Å². The summed E-state index contributed by atoms with van der Waals surface area (Å²) in [5, 5.41) is 1.58. The standard InChI is InChI=1S/C24H21NO4/c1-15-7-3-8-16(2)22(15)29-20(26)13-6-14-25-23(27)18-11-4-9-17-10-5-12-19(21(17)18)24(25)28/h3-5,7-12H,6,13-14H2,1-2H3. The van der Waals surface area contributed by atoms with E-state index in [2.05, 4.69) is 0 Å². The van der Waals surface area contributed by atoms with Gasteiger partial charge in [-0.05, 0) is 48.9 Å². The molecule has 1 aliphatic rings. The molecule has 29 heavy (non-hydrogen) atoms. The predicted molar refractivity (Wildman–Crippen MR) is 110 cm³/mol. The summed E-state index contributed by atoms with van der Waals surface area (Å²) in [6, 6.07) is 16.6. The average Bonchev–Trinajstić information content (AvgIpc) is 2.71. The minimum atomic E-state index is -0.373. The van der Waals surface area contributed by atoms with Gasteiger partial charge in [-0.2, -0.15) is 0 Å². The van der Waals surface area contributed by atoms with E-state index in [0.717, 1.165) is 16.5 Å². The Labute approximate surface area is 168 Å². The molecule has 0 N–H and O–H groups in total. The molecule has 0 fully saturated rings. The van der Waals surface area contributed by atoms with Crippen LogP contribution in [0.5, 0.6) is 5.75 Å². The van der Waals surface area contributed by atoms with Crippen molar-refractivity contribution in [3.05, 3.63) is 76.9 Å². The fourth-order valence-electron chi connectivity index (χ4n) is 3.79. The van der Waals surface area contributed by atoms with Gasteiger partial charge in [0.1, 0.15) is 5.75 Å². The number of benzene rings is 3. The first kappa shape index (κ1) is 18.9. The van der Waals surface area contributed by atoms with Crippen molar-refractivity contribution in [2.45, 2.75) is 26.7 Å². The van der Waals surface area contributed by atoms with Gasteiger partial charge in [-0.3, -0.25) is 19.3 Å². The van der Waals surface area contributed by atoms with Crippen molar-refractivity contribution in [2.75, 3.05) is 6.54 Å². The first-order valence-corrected chi connectivity index (χ1v) is 9.62. The number of hydrogen-bond acceptors (Lipinski definition) is 4. The fourth-order valence-corrected chi connectivity index (χ4v) is 3.79. The largest absolute Gasteiger partial charge is 0.426 e. The SMILES string of the molecule is Cc1cccc(C)c1OC(=O)CCCN1C(=O)c2cccc3cccc(c23)C1=O. The van der Waals surface area contributed by atoms with Crippen LogP contribution in [0.25, 0.3) is 10.8 Å². The first-order valence-electron chi connectivity index (χ1n) is 9.62. The van der Waals surface area contributed by atoms with E-state index >= 15 is 0 Å². The summed E-state index contributed by atoms with van der Waals surface area (Å²) in [6.45, 7) is 3.95. The maximum atomic E-state index is 12.9. The Morgan fingerprint density at radius 3 is 2.00 bits per heavy atom. The molecule has 0 radical (unpaired) electrons. The van der Waals surface area contributed by atoms with Crippen molar-refractivity contribution < 1.29 is 19.1 Å². The van der Waals surface area contributed by atoms with E-state index in [1.807, 2.05) is 56.3 Å². The number of carbonyl (C=O) groups is 3. The molecule has 0 bridgehead atoms. The quantitative estimate of drug-likeness (QED) is 0.369. The second-order valence-corrected chi connectivity index (χ2v) is 7.27. The zero-order valence-corrected chi connectivity index (χ0v) is 16.4. The molecule has 1 aliphatic heterocycles. The molecule has 3 aromatic rings. The maximum absolute atomic E-state index is 12.9. The van der Waals surface area contributed by atoms with Crippen molar-refractivity contribution in [1.82, 2.24) is 4.90 Å². The van der Waals surface area contributed by atoms with Gasteiger partial charge in [0.25, 0.3) is 11.8 Å². The molecule has 0 aromatic heterocycles. The highest BCUT2D eigenvalue weighted by molar-refractivity contribution is 6.25. The van der Waals surface area contributed by atoms with Crippen LogP contribution in [0.4, 0.5) is 0 Å². The van der Waals surface area contributed by atoms with E-state index in [4.69, 9.17) is 4.74 Å². The molecule has 0 atom stereocenters. The van der Waals surface area contributed by atoms with Gasteiger partial charge in [0.15, 0.2) is 0 Å². The number of ether oxygens (including phenoxy) is 1. The minimum Gasteiger partial charge on any atom is -0.426 e. The summed E-state index contributed by atoms with van der Waals surface area (Å²) in [5.41, 5.74) is 2.83. The molecule has 0 saturated heterocycles. The van der Waals surface area contributed by atoms with Gasteiger partial charge in [-0.15, -0.1) is 0 Å². The van der Waals surface area contributed by atoms with Crippen molar-refractivity contribution in [1.29, 1.82) is 0 Å². The lowest BCUT2D eigenvalue weighted by atomic mass is 9.94. The molecule has 2 amide bonds. The van der Waals surface area contributed by atoms with Gasteiger partial charge in [-0.1, -0.05) is 42.5 Å². The molecule has 1 heterocycles. The summed E-state index contributed by atoms with van der Waals surface area (Å²) in [4.78, 5) is 39.2. The highest BCUT2D eigenvalue weighted by Crippen LogP contribution is 2.30. The third-order valence-corrected chi connectivity index (χ3v) is 5.24. The summed E-state index contributed by atoms with van der Waals surface area (Å²) in [7, 11) is 0. The topological polar surface area (TPSA) is 63.7 Å². The second kappa shape index (κ2) is 7.51. The molecule has 0 spiro atoms. The molecular formula is C24H21NO4. The normalized spacial score (nSPS) is 13.1. The molecule has 0 saturated carbocycles. The summed E-state index contributed by atoms with van der Waals surface area (Å²) < 4.78 is 5.49. The third-order valence-electron chi connectivity index (χ3n) is 5.24. The molecule has 3 aromatic carbocycles. The van der Waals surface area contributed by atoms with Crippen molar-refractivity contribution in [3.63, 3.8) is 0 Å². The number of hydrogen-bond donors (Lipinski definition) is 0. The number of esters is 1. The van der Waals surface area contributed by atoms with Crippen LogP contribution in [0.15, 0.2) is 54.6 Å². The lowest BCUT2D eigenvalue weighted by Crippen LogP contribution is -2.41. The monoisotopic (exact) mass is 387 g/mol. The third kappa shape index (κ3) is 3.40. The first-order chi connectivity index (χ1) is 14.0. The maximum Gasteiger partial charge on any atom is 0.311 e. The van der Waals surface area contributed by atoms with Crippen LogP contribution < -0.4 is 4.74 Å². The number of carbonyl (C=O) groups excluding carboxylic acids is 3. The fraction of sp³-hybridized carbons (Fsp3) is 0.208. The summed E-state index contributed by atoms with van der Waals surface area (Å²) >= 11 is 0. The molecule has 5 heteroatoms. The van der Waals surface area contributed by atoms with Crippen LogP contribution in [0, 0.1) is 13.8 Å². The lowest BCUT2D eigenvalue weighted by molar-refractivity contribution is -0.134. The average molecular weight is 387 g/mol.